The van der Waals surface area contributed by atoms with Crippen molar-refractivity contribution in [2.45, 2.75) is 13.8 Å². The number of ether oxygens (including phenoxy) is 2. The van der Waals surface area contributed by atoms with Crippen LogP contribution >= 0.6 is 0 Å². The smallest absolute Gasteiger partial charge is 0.303 e. The number of esters is 2. The van der Waals surface area contributed by atoms with Gasteiger partial charge in [-0.1, -0.05) is 5.16 Å². The number of oxime groups is 1. The second kappa shape index (κ2) is 8.44. The molecule has 0 saturated carbocycles. The Morgan fingerprint density at radius 1 is 0.947 bits per heavy atom. The van der Waals surface area contributed by atoms with Gasteiger partial charge in [0.05, 0.1) is 0 Å². The number of amides is 2. The van der Waals surface area contributed by atoms with E-state index in [0.717, 1.165) is 13.8 Å². The minimum absolute atomic E-state index is 0.589. The number of rotatable bonds is 4. The molecule has 3 N–H and O–H groups in total. The number of nitrogens with one attached hydrogen (secondary N) is 2. The molecule has 0 spiro atoms. The molecule has 0 aliphatic rings. The highest BCUT2D eigenvalue weighted by Gasteiger charge is 2.12. The Balaban J connectivity index is 4.14. The summed E-state index contributed by atoms with van der Waals surface area (Å²) in [4.78, 5) is 43.2. The van der Waals surface area contributed by atoms with Crippen molar-refractivity contribution >= 4 is 29.7 Å². The summed E-state index contributed by atoms with van der Waals surface area (Å²) in [6.45, 7) is 1.01. The van der Waals surface area contributed by atoms with Crippen molar-refractivity contribution in [1.29, 1.82) is 0 Å². The normalized spacial score (nSPS) is 8.95. The van der Waals surface area contributed by atoms with E-state index in [0.29, 0.717) is 0 Å². The summed E-state index contributed by atoms with van der Waals surface area (Å²) in [6, 6.07) is 0. The first-order chi connectivity index (χ1) is 8.85. The van der Waals surface area contributed by atoms with Crippen LogP contribution in [0.1, 0.15) is 13.8 Å². The molecule has 0 aromatic carbocycles. The van der Waals surface area contributed by atoms with E-state index in [2.05, 4.69) is 14.6 Å². The monoisotopic (exact) mass is 275 g/mol. The van der Waals surface area contributed by atoms with Gasteiger partial charge in [0.1, 0.15) is 0 Å². The number of hydrogen-bond donors (Lipinski definition) is 3. The van der Waals surface area contributed by atoms with E-state index < -0.39 is 42.9 Å². The fourth-order valence-electron chi connectivity index (χ4n) is 0.752. The van der Waals surface area contributed by atoms with Crippen LogP contribution < -0.4 is 10.6 Å². The average molecular weight is 275 g/mol. The molecule has 2 amide bonds. The molecule has 10 heteroatoms. The molecule has 0 rings (SSSR count). The number of hydrogen-bond acceptors (Lipinski definition) is 8. The van der Waals surface area contributed by atoms with Crippen LogP contribution in [0.25, 0.3) is 0 Å². The first kappa shape index (κ1) is 16.4. The highest BCUT2D eigenvalue weighted by atomic mass is 16.5. The van der Waals surface area contributed by atoms with E-state index in [1.807, 2.05) is 10.6 Å². The van der Waals surface area contributed by atoms with Crippen LogP contribution in [0, 0.1) is 0 Å². The van der Waals surface area contributed by atoms with Crippen molar-refractivity contribution in [3.8, 4) is 0 Å². The number of guanidine groups is 1. The second-order valence-electron chi connectivity index (χ2n) is 3.11. The minimum atomic E-state index is -0.823. The lowest BCUT2D eigenvalue weighted by atomic mass is 10.6. The lowest BCUT2D eigenvalue weighted by Crippen LogP contribution is -2.46. The third-order valence-electron chi connectivity index (χ3n) is 1.43. The van der Waals surface area contributed by atoms with Crippen LogP contribution in [-0.4, -0.2) is 48.1 Å². The summed E-state index contributed by atoms with van der Waals surface area (Å²) >= 11 is 0. The van der Waals surface area contributed by atoms with E-state index in [9.17, 15) is 19.2 Å². The van der Waals surface area contributed by atoms with Crippen LogP contribution in [0.4, 0.5) is 0 Å². The Morgan fingerprint density at radius 2 is 1.32 bits per heavy atom. The van der Waals surface area contributed by atoms with Gasteiger partial charge in [0.25, 0.3) is 11.8 Å². The van der Waals surface area contributed by atoms with Crippen molar-refractivity contribution in [3.63, 3.8) is 0 Å². The fraction of sp³-hybridized carbons (Fsp3) is 0.444. The van der Waals surface area contributed by atoms with Crippen LogP contribution in [0.2, 0.25) is 0 Å². The van der Waals surface area contributed by atoms with Gasteiger partial charge in [-0.2, -0.15) is 0 Å². The Kier molecular flexibility index (Phi) is 7.26. The molecular weight excluding hydrogens is 262 g/mol. The van der Waals surface area contributed by atoms with Crippen molar-refractivity contribution in [2.24, 2.45) is 5.16 Å². The van der Waals surface area contributed by atoms with Gasteiger partial charge < -0.3 is 14.7 Å². The molecule has 0 atom stereocenters. The highest BCUT2D eigenvalue weighted by Crippen LogP contribution is 1.80. The molecule has 0 saturated heterocycles. The molecule has 0 heterocycles. The summed E-state index contributed by atoms with van der Waals surface area (Å²) in [5.74, 6) is -3.58. The fourth-order valence-corrected chi connectivity index (χ4v) is 0.752. The van der Waals surface area contributed by atoms with Gasteiger partial charge >= 0.3 is 11.9 Å². The summed E-state index contributed by atoms with van der Waals surface area (Å²) in [5, 5.41) is 15.0. The zero-order valence-electron chi connectivity index (χ0n) is 10.3. The summed E-state index contributed by atoms with van der Waals surface area (Å²) in [7, 11) is 0. The van der Waals surface area contributed by atoms with Gasteiger partial charge in [-0.3, -0.25) is 29.8 Å². The Morgan fingerprint density at radius 3 is 1.58 bits per heavy atom. The zero-order valence-corrected chi connectivity index (χ0v) is 10.3. The standard InChI is InChI=1S/C9H13N3O7/c1-5(13)18-3-7(15)10-9(12-17)11-8(16)4-19-6(2)14/h17H,3-4H2,1-2H3,(H2,10,11,12,15,16). The summed E-state index contributed by atoms with van der Waals surface area (Å²) in [6.07, 6.45) is 0. The van der Waals surface area contributed by atoms with E-state index in [-0.39, 0.29) is 0 Å². The molecule has 0 aliphatic carbocycles. The van der Waals surface area contributed by atoms with Crippen LogP contribution in [0.5, 0.6) is 0 Å². The van der Waals surface area contributed by atoms with Crippen LogP contribution in [0.3, 0.4) is 0 Å². The summed E-state index contributed by atoms with van der Waals surface area (Å²) < 4.78 is 8.73. The van der Waals surface area contributed by atoms with Gasteiger partial charge in [-0.15, -0.1) is 0 Å². The SMILES string of the molecule is CC(=O)OCC(=O)NC(=NO)NC(=O)COC(C)=O. The lowest BCUT2D eigenvalue weighted by molar-refractivity contribution is -0.146. The zero-order chi connectivity index (χ0) is 14.8. The molecule has 0 aliphatic heterocycles. The predicted molar refractivity (Wildman–Crippen MR) is 58.8 cm³/mol. The topological polar surface area (TPSA) is 143 Å². The third-order valence-corrected chi connectivity index (χ3v) is 1.43. The molecular formula is C9H13N3O7. The number of carbonyl (C=O) groups excluding carboxylic acids is 4. The molecule has 0 bridgehead atoms. The Bertz CT molecular complexity index is 371. The number of nitrogens with zero attached hydrogens (tertiary/aromatic N) is 1. The quantitative estimate of drug-likeness (QED) is 0.178. The predicted octanol–water partition coefficient (Wildman–Crippen LogP) is -1.91. The van der Waals surface area contributed by atoms with E-state index in [1.165, 1.54) is 0 Å². The lowest BCUT2D eigenvalue weighted by Gasteiger charge is -2.08. The Hall–Kier alpha value is -2.65. The van der Waals surface area contributed by atoms with E-state index >= 15 is 0 Å². The van der Waals surface area contributed by atoms with Gasteiger partial charge in [-0.25, -0.2) is 0 Å². The van der Waals surface area contributed by atoms with Crippen LogP contribution in [0.15, 0.2) is 5.16 Å². The molecule has 0 unspecified atom stereocenters. The maximum atomic E-state index is 11.1. The van der Waals surface area contributed by atoms with E-state index in [1.54, 1.807) is 0 Å². The maximum absolute atomic E-state index is 11.1. The molecule has 0 fully saturated rings. The van der Waals surface area contributed by atoms with E-state index in [4.69, 9.17) is 5.21 Å². The summed E-state index contributed by atoms with van der Waals surface area (Å²) in [5.41, 5.74) is 0. The first-order valence-corrected chi connectivity index (χ1v) is 4.93. The molecule has 19 heavy (non-hydrogen) atoms. The highest BCUT2D eigenvalue weighted by molar-refractivity contribution is 6.05. The number of carbonyl (C=O) groups is 4. The third kappa shape index (κ3) is 9.09. The largest absolute Gasteiger partial charge is 0.456 e. The average Bonchev–Trinajstić information content (AvgIpc) is 2.33. The van der Waals surface area contributed by atoms with Crippen molar-refractivity contribution < 1.29 is 33.9 Å². The molecule has 0 aromatic rings. The second-order valence-corrected chi connectivity index (χ2v) is 3.11. The molecule has 0 aromatic heterocycles. The van der Waals surface area contributed by atoms with Crippen molar-refractivity contribution in [1.82, 2.24) is 10.6 Å². The van der Waals surface area contributed by atoms with Gasteiger partial charge in [0, 0.05) is 13.8 Å². The first-order valence-electron chi connectivity index (χ1n) is 4.93. The van der Waals surface area contributed by atoms with Crippen molar-refractivity contribution in [3.05, 3.63) is 0 Å². The molecule has 10 nitrogen and oxygen atoms in total. The van der Waals surface area contributed by atoms with Gasteiger partial charge in [0.15, 0.2) is 13.2 Å². The molecule has 0 radical (unpaired) electrons. The van der Waals surface area contributed by atoms with Crippen LogP contribution in [-0.2, 0) is 28.7 Å². The van der Waals surface area contributed by atoms with Gasteiger partial charge in [-0.05, 0) is 0 Å². The van der Waals surface area contributed by atoms with Gasteiger partial charge in [0.2, 0.25) is 5.96 Å². The van der Waals surface area contributed by atoms with Crippen molar-refractivity contribution in [2.75, 3.05) is 13.2 Å². The Labute approximate surface area is 107 Å². The minimum Gasteiger partial charge on any atom is -0.456 e. The molecule has 106 valence electrons. The maximum Gasteiger partial charge on any atom is 0.303 e.